The lowest BCUT2D eigenvalue weighted by molar-refractivity contribution is -0.0884. The second kappa shape index (κ2) is 6.80. The number of rotatable bonds is 7. The Morgan fingerprint density at radius 3 is 2.38 bits per heavy atom. The third-order valence-electron chi connectivity index (χ3n) is 4.79. The van der Waals surface area contributed by atoms with Gasteiger partial charge in [-0.3, -0.25) is 0 Å². The number of benzene rings is 1. The van der Waals surface area contributed by atoms with E-state index in [4.69, 9.17) is 9.47 Å². The Morgan fingerprint density at radius 2 is 1.86 bits per heavy atom. The molecule has 0 aromatic heterocycles. The zero-order valence-corrected chi connectivity index (χ0v) is 14.0. The molecule has 1 aromatic carbocycles. The number of nitrogens with one attached hydrogen (secondary N) is 1. The average Bonchev–Trinajstić information content (AvgIpc) is 2.47. The molecule has 0 spiro atoms. The molecule has 0 aliphatic heterocycles. The van der Waals surface area contributed by atoms with Gasteiger partial charge in [-0.25, -0.2) is 0 Å². The first-order valence-corrected chi connectivity index (χ1v) is 8.05. The summed E-state index contributed by atoms with van der Waals surface area (Å²) in [5.41, 5.74) is 1.58. The van der Waals surface area contributed by atoms with Crippen molar-refractivity contribution in [3.63, 3.8) is 0 Å². The topological polar surface area (TPSA) is 30.5 Å². The highest BCUT2D eigenvalue weighted by atomic mass is 16.5. The Hall–Kier alpha value is -1.06. The molecule has 1 saturated carbocycles. The molecule has 1 aliphatic rings. The predicted molar refractivity (Wildman–Crippen MR) is 87.1 cm³/mol. The van der Waals surface area contributed by atoms with Crippen LogP contribution in [0.25, 0.3) is 0 Å². The molecule has 3 heteroatoms. The van der Waals surface area contributed by atoms with E-state index in [-0.39, 0.29) is 17.6 Å². The number of hydrogen-bond donors (Lipinski definition) is 1. The summed E-state index contributed by atoms with van der Waals surface area (Å²) in [5.74, 6) is 0.938. The summed E-state index contributed by atoms with van der Waals surface area (Å²) in [6.45, 7) is 9.86. The van der Waals surface area contributed by atoms with Crippen molar-refractivity contribution in [1.29, 1.82) is 0 Å². The fourth-order valence-corrected chi connectivity index (χ4v) is 2.84. The largest absolute Gasteiger partial charge is 0.488 e. The summed E-state index contributed by atoms with van der Waals surface area (Å²) >= 11 is 0. The van der Waals surface area contributed by atoms with E-state index in [2.05, 4.69) is 57.3 Å². The highest BCUT2D eigenvalue weighted by Gasteiger charge is 2.42. The SMILES string of the molecule is CCNC1CC(Oc2ccc(C(C)(C)CC)cc2)C1OC. The van der Waals surface area contributed by atoms with Crippen molar-refractivity contribution < 1.29 is 9.47 Å². The van der Waals surface area contributed by atoms with Crippen LogP contribution in [0.1, 0.15) is 46.1 Å². The maximum Gasteiger partial charge on any atom is 0.128 e. The molecule has 0 amide bonds. The lowest BCUT2D eigenvalue weighted by Gasteiger charge is -2.43. The van der Waals surface area contributed by atoms with Gasteiger partial charge >= 0.3 is 0 Å². The molecule has 1 aromatic rings. The second-order valence-corrected chi connectivity index (χ2v) is 6.52. The third kappa shape index (κ3) is 3.58. The van der Waals surface area contributed by atoms with Gasteiger partial charge in [0, 0.05) is 19.6 Å². The van der Waals surface area contributed by atoms with Gasteiger partial charge < -0.3 is 14.8 Å². The monoisotopic (exact) mass is 291 g/mol. The first-order chi connectivity index (χ1) is 10.0. The molecule has 21 heavy (non-hydrogen) atoms. The van der Waals surface area contributed by atoms with E-state index in [1.165, 1.54) is 5.56 Å². The Morgan fingerprint density at radius 1 is 1.19 bits per heavy atom. The van der Waals surface area contributed by atoms with E-state index in [9.17, 15) is 0 Å². The van der Waals surface area contributed by atoms with E-state index in [0.717, 1.165) is 25.1 Å². The Kier molecular flexibility index (Phi) is 5.28. The fraction of sp³-hybridized carbons (Fsp3) is 0.667. The van der Waals surface area contributed by atoms with Crippen LogP contribution < -0.4 is 10.1 Å². The van der Waals surface area contributed by atoms with Gasteiger partial charge in [0.05, 0.1) is 0 Å². The zero-order chi connectivity index (χ0) is 15.5. The summed E-state index contributed by atoms with van der Waals surface area (Å²) in [7, 11) is 1.76. The van der Waals surface area contributed by atoms with Crippen molar-refractivity contribution in [1.82, 2.24) is 5.32 Å². The summed E-state index contributed by atoms with van der Waals surface area (Å²) in [4.78, 5) is 0. The number of ether oxygens (including phenoxy) is 2. The lowest BCUT2D eigenvalue weighted by Crippen LogP contribution is -2.60. The van der Waals surface area contributed by atoms with Crippen LogP contribution in [0, 0.1) is 0 Å². The minimum Gasteiger partial charge on any atom is -0.488 e. The maximum atomic E-state index is 6.07. The normalized spacial score (nSPS) is 25.5. The van der Waals surface area contributed by atoms with Crippen molar-refractivity contribution in [2.75, 3.05) is 13.7 Å². The molecule has 1 aliphatic carbocycles. The summed E-state index contributed by atoms with van der Waals surface area (Å²) in [5, 5.41) is 3.43. The van der Waals surface area contributed by atoms with Crippen LogP contribution >= 0.6 is 0 Å². The molecule has 0 bridgehead atoms. The van der Waals surface area contributed by atoms with Crippen molar-refractivity contribution in [3.05, 3.63) is 29.8 Å². The number of likely N-dealkylation sites (N-methyl/N-ethyl adjacent to an activating group) is 1. The first kappa shape index (κ1) is 16.3. The zero-order valence-electron chi connectivity index (χ0n) is 14.0. The summed E-state index contributed by atoms with van der Waals surface area (Å²) in [6.07, 6.45) is 2.45. The lowest BCUT2D eigenvalue weighted by atomic mass is 9.82. The minimum absolute atomic E-state index is 0.150. The maximum absolute atomic E-state index is 6.07. The standard InChI is InChI=1S/C18H29NO2/c1-6-18(3,4)13-8-10-14(11-9-13)21-16-12-15(19-7-2)17(16)20-5/h8-11,15-17,19H,6-7,12H2,1-5H3. The van der Waals surface area contributed by atoms with Crippen LogP contribution in [0.4, 0.5) is 0 Å². The van der Waals surface area contributed by atoms with Gasteiger partial charge in [0.2, 0.25) is 0 Å². The molecule has 1 fully saturated rings. The molecule has 0 saturated heterocycles. The molecule has 3 nitrogen and oxygen atoms in total. The summed E-state index contributed by atoms with van der Waals surface area (Å²) in [6, 6.07) is 8.95. The molecule has 3 atom stereocenters. The number of hydrogen-bond acceptors (Lipinski definition) is 3. The van der Waals surface area contributed by atoms with Gasteiger partial charge in [-0.15, -0.1) is 0 Å². The van der Waals surface area contributed by atoms with E-state index in [0.29, 0.717) is 6.04 Å². The molecule has 3 unspecified atom stereocenters. The van der Waals surface area contributed by atoms with Crippen LogP contribution in [-0.2, 0) is 10.2 Å². The van der Waals surface area contributed by atoms with Crippen LogP contribution in [0.3, 0.4) is 0 Å². The predicted octanol–water partition coefficient (Wildman–Crippen LogP) is 3.52. The molecule has 0 radical (unpaired) electrons. The van der Waals surface area contributed by atoms with Gasteiger partial charge in [-0.2, -0.15) is 0 Å². The molecule has 2 rings (SSSR count). The van der Waals surface area contributed by atoms with Gasteiger partial charge in [-0.1, -0.05) is 39.8 Å². The highest BCUT2D eigenvalue weighted by molar-refractivity contribution is 5.32. The Balaban J connectivity index is 1.95. The van der Waals surface area contributed by atoms with E-state index < -0.39 is 0 Å². The van der Waals surface area contributed by atoms with Crippen molar-refractivity contribution in [2.45, 2.75) is 64.2 Å². The van der Waals surface area contributed by atoms with Crippen LogP contribution in [0.15, 0.2) is 24.3 Å². The quantitative estimate of drug-likeness (QED) is 0.834. The van der Waals surface area contributed by atoms with E-state index in [1.54, 1.807) is 7.11 Å². The molecular formula is C18H29NO2. The second-order valence-electron chi connectivity index (χ2n) is 6.52. The van der Waals surface area contributed by atoms with Crippen LogP contribution in [0.5, 0.6) is 5.75 Å². The van der Waals surface area contributed by atoms with Gasteiger partial charge in [0.15, 0.2) is 0 Å². The molecular weight excluding hydrogens is 262 g/mol. The first-order valence-electron chi connectivity index (χ1n) is 8.05. The number of methoxy groups -OCH3 is 1. The highest BCUT2D eigenvalue weighted by Crippen LogP contribution is 2.31. The van der Waals surface area contributed by atoms with E-state index in [1.807, 2.05) is 0 Å². The van der Waals surface area contributed by atoms with E-state index >= 15 is 0 Å². The van der Waals surface area contributed by atoms with Gasteiger partial charge in [-0.05, 0) is 36.1 Å². The average molecular weight is 291 g/mol. The van der Waals surface area contributed by atoms with Crippen molar-refractivity contribution in [2.24, 2.45) is 0 Å². The van der Waals surface area contributed by atoms with Crippen molar-refractivity contribution >= 4 is 0 Å². The molecule has 1 N–H and O–H groups in total. The Labute approximate surface area is 129 Å². The fourth-order valence-electron chi connectivity index (χ4n) is 2.84. The smallest absolute Gasteiger partial charge is 0.128 e. The minimum atomic E-state index is 0.150. The van der Waals surface area contributed by atoms with Gasteiger partial charge in [0.1, 0.15) is 18.0 Å². The van der Waals surface area contributed by atoms with Crippen LogP contribution in [-0.4, -0.2) is 31.9 Å². The Bertz CT molecular complexity index is 441. The summed E-state index contributed by atoms with van der Waals surface area (Å²) < 4.78 is 11.6. The molecule has 0 heterocycles. The third-order valence-corrected chi connectivity index (χ3v) is 4.79. The van der Waals surface area contributed by atoms with Crippen LogP contribution in [0.2, 0.25) is 0 Å². The molecule has 118 valence electrons. The van der Waals surface area contributed by atoms with Crippen molar-refractivity contribution in [3.8, 4) is 5.75 Å². The van der Waals surface area contributed by atoms with Gasteiger partial charge in [0.25, 0.3) is 0 Å².